The summed E-state index contributed by atoms with van der Waals surface area (Å²) in [6, 6.07) is 1.04. The van der Waals surface area contributed by atoms with Crippen molar-refractivity contribution in [3.05, 3.63) is 12.7 Å². The molecule has 0 spiro atoms. The molecule has 0 radical (unpaired) electrons. The number of nitrogens with one attached hydrogen (secondary N) is 2. The summed E-state index contributed by atoms with van der Waals surface area (Å²) >= 11 is 0. The molecule has 2 fully saturated rings. The molecule has 0 bridgehead atoms. The highest BCUT2D eigenvalue weighted by Gasteiger charge is 2.26. The maximum absolute atomic E-state index is 4.50. The lowest BCUT2D eigenvalue weighted by molar-refractivity contribution is 0.479. The summed E-state index contributed by atoms with van der Waals surface area (Å²) in [5, 5.41) is 6.91. The lowest BCUT2D eigenvalue weighted by Gasteiger charge is -2.24. The molecule has 0 unspecified atom stereocenters. The lowest BCUT2D eigenvalue weighted by atomic mass is 10.1. The number of anilines is 1. The maximum atomic E-state index is 4.50. The van der Waals surface area contributed by atoms with Crippen molar-refractivity contribution in [2.75, 3.05) is 18.4 Å². The normalized spacial score (nSPS) is 23.7. The number of nitrogens with zero attached hydrogens (tertiary/aromatic N) is 4. The van der Waals surface area contributed by atoms with E-state index in [2.05, 4.69) is 30.2 Å². The van der Waals surface area contributed by atoms with Gasteiger partial charge in [-0.25, -0.2) is 15.0 Å². The first kappa shape index (κ1) is 11.2. The maximum Gasteiger partial charge on any atom is 0.165 e. The van der Waals surface area contributed by atoms with Crippen molar-refractivity contribution < 1.29 is 0 Å². The van der Waals surface area contributed by atoms with E-state index in [-0.39, 0.29) is 0 Å². The minimum absolute atomic E-state index is 0.443. The van der Waals surface area contributed by atoms with Crippen LogP contribution in [-0.4, -0.2) is 38.7 Å². The predicted molar refractivity (Wildman–Crippen MR) is 73.1 cm³/mol. The zero-order valence-electron chi connectivity index (χ0n) is 10.8. The van der Waals surface area contributed by atoms with Crippen molar-refractivity contribution in [1.29, 1.82) is 0 Å². The van der Waals surface area contributed by atoms with E-state index in [9.17, 15) is 0 Å². The fourth-order valence-electron chi connectivity index (χ4n) is 2.75. The Morgan fingerprint density at radius 3 is 2.95 bits per heavy atom. The molecular weight excluding hydrogens is 240 g/mol. The minimum atomic E-state index is 0.443. The second-order valence-corrected chi connectivity index (χ2v) is 5.47. The predicted octanol–water partition coefficient (Wildman–Crippen LogP) is 1.33. The van der Waals surface area contributed by atoms with Crippen LogP contribution in [0.15, 0.2) is 12.7 Å². The first-order valence-electron chi connectivity index (χ1n) is 7.06. The van der Waals surface area contributed by atoms with Crippen LogP contribution in [0.3, 0.4) is 0 Å². The van der Waals surface area contributed by atoms with Gasteiger partial charge < -0.3 is 15.2 Å². The topological polar surface area (TPSA) is 67.7 Å². The third kappa shape index (κ3) is 2.06. The molecule has 2 aliphatic rings. The van der Waals surface area contributed by atoms with E-state index in [1.807, 2.05) is 6.33 Å². The summed E-state index contributed by atoms with van der Waals surface area (Å²) in [4.78, 5) is 13.3. The van der Waals surface area contributed by atoms with Crippen LogP contribution < -0.4 is 10.6 Å². The Balaban J connectivity index is 1.65. The quantitative estimate of drug-likeness (QED) is 0.869. The Labute approximate surface area is 111 Å². The first-order chi connectivity index (χ1) is 9.42. The van der Waals surface area contributed by atoms with Crippen molar-refractivity contribution >= 4 is 17.0 Å². The van der Waals surface area contributed by atoms with Crippen LogP contribution in [0.2, 0.25) is 0 Å². The number of rotatable bonds is 3. The van der Waals surface area contributed by atoms with Gasteiger partial charge in [0, 0.05) is 18.6 Å². The number of fused-ring (bicyclic) bond motifs is 1. The van der Waals surface area contributed by atoms with E-state index in [4.69, 9.17) is 0 Å². The highest BCUT2D eigenvalue weighted by Crippen LogP contribution is 2.37. The largest absolute Gasteiger partial charge is 0.364 e. The molecule has 2 aromatic heterocycles. The third-order valence-corrected chi connectivity index (χ3v) is 3.94. The van der Waals surface area contributed by atoms with Crippen molar-refractivity contribution in [3.63, 3.8) is 0 Å². The molecule has 2 N–H and O–H groups in total. The van der Waals surface area contributed by atoms with E-state index in [0.717, 1.165) is 30.1 Å². The molecule has 19 heavy (non-hydrogen) atoms. The molecule has 100 valence electrons. The van der Waals surface area contributed by atoms with Gasteiger partial charge in [-0.2, -0.15) is 0 Å². The first-order valence-corrected chi connectivity index (χ1v) is 7.06. The van der Waals surface area contributed by atoms with Crippen molar-refractivity contribution in [2.24, 2.45) is 0 Å². The zero-order chi connectivity index (χ0) is 12.7. The van der Waals surface area contributed by atoms with Crippen LogP contribution >= 0.6 is 0 Å². The van der Waals surface area contributed by atoms with Gasteiger partial charge >= 0.3 is 0 Å². The van der Waals surface area contributed by atoms with Gasteiger partial charge in [0.2, 0.25) is 0 Å². The molecule has 0 amide bonds. The van der Waals surface area contributed by atoms with Gasteiger partial charge in [-0.3, -0.25) is 0 Å². The molecule has 1 aliphatic heterocycles. The van der Waals surface area contributed by atoms with Gasteiger partial charge in [0.05, 0.1) is 6.33 Å². The lowest BCUT2D eigenvalue weighted by Crippen LogP contribution is -2.38. The van der Waals surface area contributed by atoms with Gasteiger partial charge in [-0.05, 0) is 32.2 Å². The molecule has 1 aliphatic carbocycles. The number of hydrogen-bond acceptors (Lipinski definition) is 5. The SMILES string of the molecule is c1nc(N[C@@H]2CCCNC2)c2ncn(C3CC3)c2n1. The highest BCUT2D eigenvalue weighted by atomic mass is 15.2. The van der Waals surface area contributed by atoms with Crippen LogP contribution in [0.25, 0.3) is 11.2 Å². The molecular formula is C13H18N6. The van der Waals surface area contributed by atoms with Crippen molar-refractivity contribution in [3.8, 4) is 0 Å². The van der Waals surface area contributed by atoms with Crippen molar-refractivity contribution in [2.45, 2.75) is 37.8 Å². The Bertz CT molecular complexity index is 582. The Hall–Kier alpha value is -1.69. The average Bonchev–Trinajstić information content (AvgIpc) is 3.20. The molecule has 4 rings (SSSR count). The van der Waals surface area contributed by atoms with Crippen molar-refractivity contribution in [1.82, 2.24) is 24.8 Å². The monoisotopic (exact) mass is 258 g/mol. The van der Waals surface area contributed by atoms with E-state index in [1.54, 1.807) is 6.33 Å². The summed E-state index contributed by atoms with van der Waals surface area (Å²) < 4.78 is 2.18. The molecule has 3 heterocycles. The number of piperidine rings is 1. The molecule has 1 saturated carbocycles. The number of hydrogen-bond donors (Lipinski definition) is 2. The van der Waals surface area contributed by atoms with Crippen LogP contribution in [0.4, 0.5) is 5.82 Å². The van der Waals surface area contributed by atoms with Crippen LogP contribution in [-0.2, 0) is 0 Å². The van der Waals surface area contributed by atoms with E-state index in [0.29, 0.717) is 12.1 Å². The molecule has 2 aromatic rings. The second-order valence-electron chi connectivity index (χ2n) is 5.47. The summed E-state index contributed by atoms with van der Waals surface area (Å²) in [6.07, 6.45) is 8.42. The van der Waals surface area contributed by atoms with E-state index in [1.165, 1.54) is 25.7 Å². The van der Waals surface area contributed by atoms with Crippen LogP contribution in [0.5, 0.6) is 0 Å². The summed E-state index contributed by atoms with van der Waals surface area (Å²) in [5.74, 6) is 0.873. The third-order valence-electron chi connectivity index (χ3n) is 3.94. The number of aromatic nitrogens is 4. The molecule has 0 aromatic carbocycles. The summed E-state index contributed by atoms with van der Waals surface area (Å²) in [5.41, 5.74) is 1.86. The van der Waals surface area contributed by atoms with Gasteiger partial charge in [0.25, 0.3) is 0 Å². The van der Waals surface area contributed by atoms with Gasteiger partial charge in [-0.1, -0.05) is 0 Å². The Kier molecular flexibility index (Phi) is 2.61. The standard InChI is InChI=1S/C13H18N6/c1-2-9(6-14-5-1)18-12-11-13(16-7-15-12)19(8-17-11)10-3-4-10/h7-10,14H,1-6H2,(H,15,16,18)/t9-/m1/s1. The zero-order valence-corrected chi connectivity index (χ0v) is 10.8. The molecule has 1 atom stereocenters. The average molecular weight is 258 g/mol. The van der Waals surface area contributed by atoms with Gasteiger partial charge in [0.15, 0.2) is 11.5 Å². The summed E-state index contributed by atoms with van der Waals surface area (Å²) in [7, 11) is 0. The van der Waals surface area contributed by atoms with Gasteiger partial charge in [0.1, 0.15) is 11.8 Å². The summed E-state index contributed by atoms with van der Waals surface area (Å²) in [6.45, 7) is 2.11. The smallest absolute Gasteiger partial charge is 0.165 e. The fraction of sp³-hybridized carbons (Fsp3) is 0.615. The Morgan fingerprint density at radius 1 is 1.21 bits per heavy atom. The van der Waals surface area contributed by atoms with E-state index >= 15 is 0 Å². The minimum Gasteiger partial charge on any atom is -0.364 e. The molecule has 6 heteroatoms. The highest BCUT2D eigenvalue weighted by molar-refractivity contribution is 5.82. The molecule has 6 nitrogen and oxygen atoms in total. The van der Waals surface area contributed by atoms with Gasteiger partial charge in [-0.15, -0.1) is 0 Å². The Morgan fingerprint density at radius 2 is 2.16 bits per heavy atom. The number of imidazole rings is 1. The second kappa shape index (κ2) is 4.45. The van der Waals surface area contributed by atoms with Crippen LogP contribution in [0, 0.1) is 0 Å². The van der Waals surface area contributed by atoms with E-state index < -0.39 is 0 Å². The molecule has 1 saturated heterocycles. The van der Waals surface area contributed by atoms with Crippen LogP contribution in [0.1, 0.15) is 31.7 Å². The fourth-order valence-corrected chi connectivity index (χ4v) is 2.75.